The van der Waals surface area contributed by atoms with Crippen LogP contribution >= 0.6 is 0 Å². The number of hydrogen-bond acceptors (Lipinski definition) is 3. The Kier molecular flexibility index (Phi) is 6.09. The summed E-state index contributed by atoms with van der Waals surface area (Å²) in [4.78, 5) is 0. The van der Waals surface area contributed by atoms with E-state index in [0.717, 1.165) is 6.42 Å². The fourth-order valence-electron chi connectivity index (χ4n) is 2.18. The van der Waals surface area contributed by atoms with Crippen LogP contribution in [0.3, 0.4) is 0 Å². The van der Waals surface area contributed by atoms with Crippen molar-refractivity contribution in [2.75, 3.05) is 27.9 Å². The van der Waals surface area contributed by atoms with Crippen LogP contribution in [0, 0.1) is 11.7 Å². The van der Waals surface area contributed by atoms with Crippen molar-refractivity contribution in [2.24, 2.45) is 5.92 Å². The largest absolute Gasteiger partial charge is 0.496 e. The smallest absolute Gasteiger partial charge is 0.131 e. The molecule has 1 aromatic rings. The predicted octanol–water partition coefficient (Wildman–Crippen LogP) is 2.77. The highest BCUT2D eigenvalue weighted by Gasteiger charge is 2.24. The van der Waals surface area contributed by atoms with E-state index < -0.39 is 0 Å². The minimum atomic E-state index is -0.238. The van der Waals surface area contributed by atoms with Gasteiger partial charge in [-0.2, -0.15) is 0 Å². The van der Waals surface area contributed by atoms with Gasteiger partial charge in [0, 0.05) is 25.3 Å². The van der Waals surface area contributed by atoms with Gasteiger partial charge in [0.15, 0.2) is 0 Å². The number of benzene rings is 1. The number of methoxy groups -OCH3 is 2. The lowest BCUT2D eigenvalue weighted by Gasteiger charge is -2.25. The first-order valence-electron chi connectivity index (χ1n) is 6.14. The van der Waals surface area contributed by atoms with Crippen molar-refractivity contribution in [2.45, 2.75) is 19.4 Å². The molecule has 0 aliphatic rings. The SMILES string of the molecule is CNC(c1c(F)cccc1OC)C(C)CCOC. The van der Waals surface area contributed by atoms with Gasteiger partial charge in [0.05, 0.1) is 7.11 Å². The molecule has 0 aromatic heterocycles. The minimum Gasteiger partial charge on any atom is -0.496 e. The lowest BCUT2D eigenvalue weighted by Crippen LogP contribution is -2.26. The van der Waals surface area contributed by atoms with E-state index in [0.29, 0.717) is 17.9 Å². The van der Waals surface area contributed by atoms with Gasteiger partial charge in [-0.15, -0.1) is 0 Å². The fourth-order valence-corrected chi connectivity index (χ4v) is 2.18. The predicted molar refractivity (Wildman–Crippen MR) is 70.4 cm³/mol. The van der Waals surface area contributed by atoms with E-state index in [1.165, 1.54) is 6.07 Å². The Morgan fingerprint density at radius 1 is 1.33 bits per heavy atom. The molecule has 4 heteroatoms. The third-order valence-electron chi connectivity index (χ3n) is 3.20. The van der Waals surface area contributed by atoms with Crippen LogP contribution in [0.2, 0.25) is 0 Å². The molecule has 0 heterocycles. The Morgan fingerprint density at radius 3 is 2.61 bits per heavy atom. The van der Waals surface area contributed by atoms with Crippen LogP contribution in [0.25, 0.3) is 0 Å². The zero-order chi connectivity index (χ0) is 13.5. The second kappa shape index (κ2) is 7.34. The first kappa shape index (κ1) is 14.9. The maximum absolute atomic E-state index is 14.0. The number of hydrogen-bond donors (Lipinski definition) is 1. The Morgan fingerprint density at radius 2 is 2.06 bits per heavy atom. The van der Waals surface area contributed by atoms with Gasteiger partial charge >= 0.3 is 0 Å². The topological polar surface area (TPSA) is 30.5 Å². The van der Waals surface area contributed by atoms with Crippen LogP contribution in [-0.4, -0.2) is 27.9 Å². The zero-order valence-corrected chi connectivity index (χ0v) is 11.5. The molecule has 0 aliphatic carbocycles. The van der Waals surface area contributed by atoms with E-state index >= 15 is 0 Å². The number of rotatable bonds is 7. The molecule has 102 valence electrons. The van der Waals surface area contributed by atoms with Crippen molar-refractivity contribution in [3.8, 4) is 5.75 Å². The van der Waals surface area contributed by atoms with Crippen LogP contribution in [0.4, 0.5) is 4.39 Å². The van der Waals surface area contributed by atoms with E-state index in [4.69, 9.17) is 9.47 Å². The Balaban J connectivity index is 3.00. The quantitative estimate of drug-likeness (QED) is 0.812. The molecule has 0 saturated heterocycles. The van der Waals surface area contributed by atoms with Gasteiger partial charge in [-0.25, -0.2) is 4.39 Å². The number of ether oxygens (including phenoxy) is 2. The highest BCUT2D eigenvalue weighted by atomic mass is 19.1. The molecule has 0 fully saturated rings. The highest BCUT2D eigenvalue weighted by molar-refractivity contribution is 5.37. The maximum atomic E-state index is 14.0. The van der Waals surface area contributed by atoms with Gasteiger partial charge in [0.2, 0.25) is 0 Å². The van der Waals surface area contributed by atoms with E-state index in [1.54, 1.807) is 26.4 Å². The lowest BCUT2D eigenvalue weighted by atomic mass is 9.91. The summed E-state index contributed by atoms with van der Waals surface area (Å²) in [6.45, 7) is 2.74. The summed E-state index contributed by atoms with van der Waals surface area (Å²) in [7, 11) is 5.06. The van der Waals surface area contributed by atoms with Gasteiger partial charge in [-0.1, -0.05) is 13.0 Å². The van der Waals surface area contributed by atoms with Gasteiger partial charge < -0.3 is 14.8 Å². The average Bonchev–Trinajstić information content (AvgIpc) is 2.38. The summed E-state index contributed by atoms with van der Waals surface area (Å²) >= 11 is 0. The summed E-state index contributed by atoms with van der Waals surface area (Å²) in [6, 6.07) is 4.82. The fraction of sp³-hybridized carbons (Fsp3) is 0.571. The van der Waals surface area contributed by atoms with Crippen LogP contribution in [0.1, 0.15) is 24.9 Å². The summed E-state index contributed by atoms with van der Waals surface area (Å²) in [6.07, 6.45) is 0.861. The summed E-state index contributed by atoms with van der Waals surface area (Å²) in [5.41, 5.74) is 0.589. The van der Waals surface area contributed by atoms with Gasteiger partial charge in [0.25, 0.3) is 0 Å². The minimum absolute atomic E-state index is 0.0868. The van der Waals surface area contributed by atoms with Gasteiger partial charge in [-0.3, -0.25) is 0 Å². The molecule has 1 aromatic carbocycles. The standard InChI is InChI=1S/C14H22FNO2/c1-10(8-9-17-3)14(16-2)13-11(15)6-5-7-12(13)18-4/h5-7,10,14,16H,8-9H2,1-4H3. The zero-order valence-electron chi connectivity index (χ0n) is 11.5. The molecule has 3 nitrogen and oxygen atoms in total. The van der Waals surface area contributed by atoms with Crippen LogP contribution in [0.15, 0.2) is 18.2 Å². The highest BCUT2D eigenvalue weighted by Crippen LogP contribution is 2.33. The van der Waals surface area contributed by atoms with Crippen molar-refractivity contribution in [3.05, 3.63) is 29.6 Å². The number of nitrogens with one attached hydrogen (secondary N) is 1. The molecule has 0 aliphatic heterocycles. The van der Waals surface area contributed by atoms with Crippen LogP contribution in [0.5, 0.6) is 5.75 Å². The lowest BCUT2D eigenvalue weighted by molar-refractivity contribution is 0.170. The molecule has 1 rings (SSSR count). The van der Waals surface area contributed by atoms with E-state index in [1.807, 2.05) is 7.05 Å². The summed E-state index contributed by atoms with van der Waals surface area (Å²) in [5, 5.41) is 3.17. The first-order chi connectivity index (χ1) is 8.65. The molecular formula is C14H22FNO2. The molecule has 0 amide bonds. The molecule has 18 heavy (non-hydrogen) atoms. The maximum Gasteiger partial charge on any atom is 0.131 e. The molecule has 2 atom stereocenters. The Bertz CT molecular complexity index is 371. The van der Waals surface area contributed by atoms with Crippen molar-refractivity contribution in [1.29, 1.82) is 0 Å². The second-order valence-electron chi connectivity index (χ2n) is 4.38. The van der Waals surface area contributed by atoms with E-state index in [9.17, 15) is 4.39 Å². The van der Waals surface area contributed by atoms with Crippen LogP contribution < -0.4 is 10.1 Å². The molecule has 1 N–H and O–H groups in total. The van der Waals surface area contributed by atoms with Crippen molar-refractivity contribution in [3.63, 3.8) is 0 Å². The molecule has 0 saturated carbocycles. The van der Waals surface area contributed by atoms with E-state index in [2.05, 4.69) is 12.2 Å². The molecule has 0 radical (unpaired) electrons. The average molecular weight is 255 g/mol. The Hall–Kier alpha value is -1.13. The molecule has 2 unspecified atom stereocenters. The molecular weight excluding hydrogens is 233 g/mol. The summed E-state index contributed by atoms with van der Waals surface area (Å²) < 4.78 is 24.3. The molecule has 0 bridgehead atoms. The summed E-state index contributed by atoms with van der Waals surface area (Å²) in [5.74, 6) is 0.595. The second-order valence-corrected chi connectivity index (χ2v) is 4.38. The normalized spacial score (nSPS) is 14.3. The van der Waals surface area contributed by atoms with Crippen molar-refractivity contribution in [1.82, 2.24) is 5.32 Å². The number of halogens is 1. The van der Waals surface area contributed by atoms with Crippen molar-refractivity contribution >= 4 is 0 Å². The third-order valence-corrected chi connectivity index (χ3v) is 3.20. The Labute approximate surface area is 108 Å². The molecule has 0 spiro atoms. The van der Waals surface area contributed by atoms with Gasteiger partial charge in [0.1, 0.15) is 11.6 Å². The van der Waals surface area contributed by atoms with Crippen molar-refractivity contribution < 1.29 is 13.9 Å². The third kappa shape index (κ3) is 3.43. The van der Waals surface area contributed by atoms with Gasteiger partial charge in [-0.05, 0) is 31.5 Å². The monoisotopic (exact) mass is 255 g/mol. The first-order valence-corrected chi connectivity index (χ1v) is 6.14. The van der Waals surface area contributed by atoms with E-state index in [-0.39, 0.29) is 17.8 Å². The van der Waals surface area contributed by atoms with Crippen LogP contribution in [-0.2, 0) is 4.74 Å².